The Morgan fingerprint density at radius 1 is 1.29 bits per heavy atom. The third-order valence-corrected chi connectivity index (χ3v) is 4.22. The van der Waals surface area contributed by atoms with Gasteiger partial charge in [0.25, 0.3) is 0 Å². The maximum absolute atomic E-state index is 13.3. The Kier molecular flexibility index (Phi) is 4.93. The van der Waals surface area contributed by atoms with Gasteiger partial charge in [-0.3, -0.25) is 0 Å². The Bertz CT molecular complexity index is 471. The minimum Gasteiger partial charge on any atom is -0.382 e. The molecule has 0 aliphatic carbocycles. The van der Waals surface area contributed by atoms with Crippen LogP contribution < -0.4 is 5.32 Å². The van der Waals surface area contributed by atoms with Crippen LogP contribution in [-0.4, -0.2) is 26.5 Å². The van der Waals surface area contributed by atoms with E-state index in [0.29, 0.717) is 12.1 Å². The predicted molar refractivity (Wildman–Crippen MR) is 68.6 cm³/mol. The Morgan fingerprint density at radius 3 is 2.65 bits per heavy atom. The number of benzene rings is 1. The molecule has 0 aliphatic rings. The second-order valence-corrected chi connectivity index (χ2v) is 6.37. The highest BCUT2D eigenvalue weighted by Gasteiger charge is 2.09. The molecule has 96 valence electrons. The third kappa shape index (κ3) is 4.73. The highest BCUT2D eigenvalue weighted by Crippen LogP contribution is 2.15. The Hall–Kier alpha value is -1.10. The molecule has 1 N–H and O–H groups in total. The lowest BCUT2D eigenvalue weighted by molar-refractivity contribution is 0.594. The van der Waals surface area contributed by atoms with Gasteiger partial charge in [-0.25, -0.2) is 12.8 Å². The van der Waals surface area contributed by atoms with Crippen LogP contribution >= 0.6 is 0 Å². The molecular weight excluding hydrogens is 241 g/mol. The molecule has 0 radical (unpaired) electrons. The van der Waals surface area contributed by atoms with Crippen molar-refractivity contribution in [2.45, 2.75) is 20.3 Å². The maximum Gasteiger partial charge on any atom is 0.152 e. The van der Waals surface area contributed by atoms with Crippen LogP contribution in [0.25, 0.3) is 0 Å². The average molecular weight is 259 g/mol. The van der Waals surface area contributed by atoms with Crippen LogP contribution in [0.15, 0.2) is 18.2 Å². The Balaban J connectivity index is 2.54. The van der Waals surface area contributed by atoms with Crippen molar-refractivity contribution in [3.8, 4) is 0 Å². The molecule has 0 saturated heterocycles. The number of aryl methyl sites for hydroxylation is 1. The van der Waals surface area contributed by atoms with Crippen LogP contribution in [0.4, 0.5) is 10.1 Å². The van der Waals surface area contributed by atoms with E-state index in [-0.39, 0.29) is 23.9 Å². The highest BCUT2D eigenvalue weighted by molar-refractivity contribution is 7.91. The zero-order valence-electron chi connectivity index (χ0n) is 10.2. The lowest BCUT2D eigenvalue weighted by Gasteiger charge is -2.08. The summed E-state index contributed by atoms with van der Waals surface area (Å²) in [6, 6.07) is 4.72. The lowest BCUT2D eigenvalue weighted by Crippen LogP contribution is -2.18. The number of rotatable bonds is 6. The van der Waals surface area contributed by atoms with Crippen molar-refractivity contribution in [3.05, 3.63) is 29.6 Å². The topological polar surface area (TPSA) is 46.2 Å². The molecular formula is C12H18FNO2S. The van der Waals surface area contributed by atoms with Crippen molar-refractivity contribution in [3.63, 3.8) is 0 Å². The van der Waals surface area contributed by atoms with Gasteiger partial charge >= 0.3 is 0 Å². The van der Waals surface area contributed by atoms with Gasteiger partial charge in [-0.1, -0.05) is 13.0 Å². The molecule has 0 bridgehead atoms. The highest BCUT2D eigenvalue weighted by atomic mass is 32.2. The zero-order chi connectivity index (χ0) is 12.9. The van der Waals surface area contributed by atoms with Gasteiger partial charge in [0, 0.05) is 12.3 Å². The molecule has 5 heteroatoms. The van der Waals surface area contributed by atoms with Crippen LogP contribution in [0.3, 0.4) is 0 Å². The van der Waals surface area contributed by atoms with E-state index in [1.807, 2.05) is 13.8 Å². The second kappa shape index (κ2) is 6.00. The fourth-order valence-corrected chi connectivity index (χ4v) is 2.77. The third-order valence-electron chi connectivity index (χ3n) is 2.37. The van der Waals surface area contributed by atoms with Crippen molar-refractivity contribution in [2.75, 3.05) is 23.4 Å². The van der Waals surface area contributed by atoms with Crippen LogP contribution in [0.5, 0.6) is 0 Å². The summed E-state index contributed by atoms with van der Waals surface area (Å²) >= 11 is 0. The van der Waals surface area contributed by atoms with Gasteiger partial charge in [0.05, 0.1) is 11.4 Å². The molecule has 0 heterocycles. The van der Waals surface area contributed by atoms with Crippen molar-refractivity contribution in [1.29, 1.82) is 0 Å². The number of hydrogen-bond donors (Lipinski definition) is 1. The minimum absolute atomic E-state index is 0.0359. The molecule has 0 spiro atoms. The predicted octanol–water partition coefficient (Wildman–Crippen LogP) is 2.37. The van der Waals surface area contributed by atoms with Crippen LogP contribution in [0, 0.1) is 12.7 Å². The molecule has 0 aromatic heterocycles. The van der Waals surface area contributed by atoms with E-state index < -0.39 is 9.84 Å². The van der Waals surface area contributed by atoms with Gasteiger partial charge in [0.1, 0.15) is 5.82 Å². The molecule has 17 heavy (non-hydrogen) atoms. The first kappa shape index (κ1) is 14.0. The van der Waals surface area contributed by atoms with Gasteiger partial charge < -0.3 is 5.32 Å². The molecule has 0 atom stereocenters. The molecule has 0 saturated carbocycles. The first-order chi connectivity index (χ1) is 7.94. The van der Waals surface area contributed by atoms with E-state index in [1.54, 1.807) is 12.1 Å². The quantitative estimate of drug-likeness (QED) is 0.853. The standard InChI is InChI=1S/C12H18FNO2S/c1-3-7-17(15,16)8-6-14-12-9-10(2)4-5-11(12)13/h4-5,9,14H,3,6-8H2,1-2H3. The first-order valence-electron chi connectivity index (χ1n) is 5.65. The summed E-state index contributed by atoms with van der Waals surface area (Å²) in [6.45, 7) is 3.92. The monoisotopic (exact) mass is 259 g/mol. The van der Waals surface area contributed by atoms with E-state index >= 15 is 0 Å². The number of halogens is 1. The Morgan fingerprint density at radius 2 is 2.00 bits per heavy atom. The molecule has 1 aromatic carbocycles. The van der Waals surface area contributed by atoms with Gasteiger partial charge in [-0.2, -0.15) is 0 Å². The smallest absolute Gasteiger partial charge is 0.152 e. The maximum atomic E-state index is 13.3. The lowest BCUT2D eigenvalue weighted by atomic mass is 10.2. The van der Waals surface area contributed by atoms with E-state index in [4.69, 9.17) is 0 Å². The number of hydrogen-bond acceptors (Lipinski definition) is 3. The molecule has 0 aliphatic heterocycles. The molecule has 0 unspecified atom stereocenters. The summed E-state index contributed by atoms with van der Waals surface area (Å²) < 4.78 is 36.2. The molecule has 3 nitrogen and oxygen atoms in total. The summed E-state index contributed by atoms with van der Waals surface area (Å²) in [5.74, 6) is -0.136. The second-order valence-electron chi connectivity index (χ2n) is 4.06. The fraction of sp³-hybridized carbons (Fsp3) is 0.500. The first-order valence-corrected chi connectivity index (χ1v) is 7.47. The van der Waals surface area contributed by atoms with E-state index in [1.165, 1.54) is 6.07 Å². The Labute approximate surface area is 102 Å². The minimum atomic E-state index is -3.01. The summed E-state index contributed by atoms with van der Waals surface area (Å²) in [6.07, 6.45) is 0.612. The summed E-state index contributed by atoms with van der Waals surface area (Å²) in [5, 5.41) is 2.81. The van der Waals surface area contributed by atoms with Gasteiger partial charge in [-0.05, 0) is 31.0 Å². The van der Waals surface area contributed by atoms with Gasteiger partial charge in [0.2, 0.25) is 0 Å². The van der Waals surface area contributed by atoms with E-state index in [9.17, 15) is 12.8 Å². The summed E-state index contributed by atoms with van der Waals surface area (Å²) in [7, 11) is -3.01. The molecule has 0 fully saturated rings. The van der Waals surface area contributed by atoms with Crippen molar-refractivity contribution < 1.29 is 12.8 Å². The van der Waals surface area contributed by atoms with Gasteiger partial charge in [0.15, 0.2) is 9.84 Å². The summed E-state index contributed by atoms with van der Waals surface area (Å²) in [4.78, 5) is 0. The average Bonchev–Trinajstić information content (AvgIpc) is 2.23. The molecule has 0 amide bonds. The SMILES string of the molecule is CCCS(=O)(=O)CCNc1cc(C)ccc1F. The number of nitrogens with one attached hydrogen (secondary N) is 1. The number of anilines is 1. The number of sulfone groups is 1. The van der Waals surface area contributed by atoms with Gasteiger partial charge in [-0.15, -0.1) is 0 Å². The fourth-order valence-electron chi connectivity index (χ4n) is 1.53. The molecule has 1 rings (SSSR count). The van der Waals surface area contributed by atoms with E-state index in [0.717, 1.165) is 5.56 Å². The normalized spacial score (nSPS) is 11.5. The van der Waals surface area contributed by atoms with Crippen LogP contribution in [0.2, 0.25) is 0 Å². The van der Waals surface area contributed by atoms with Crippen LogP contribution in [0.1, 0.15) is 18.9 Å². The van der Waals surface area contributed by atoms with E-state index in [2.05, 4.69) is 5.32 Å². The summed E-state index contributed by atoms with van der Waals surface area (Å²) in [5.41, 5.74) is 1.29. The van der Waals surface area contributed by atoms with Crippen molar-refractivity contribution >= 4 is 15.5 Å². The zero-order valence-corrected chi connectivity index (χ0v) is 11.0. The molecule has 1 aromatic rings. The van der Waals surface area contributed by atoms with Crippen molar-refractivity contribution in [1.82, 2.24) is 0 Å². The van der Waals surface area contributed by atoms with Crippen molar-refractivity contribution in [2.24, 2.45) is 0 Å². The largest absolute Gasteiger partial charge is 0.382 e. The van der Waals surface area contributed by atoms with Crippen LogP contribution in [-0.2, 0) is 9.84 Å².